The quantitative estimate of drug-likeness (QED) is 0.868. The molecule has 2 aliphatic rings. The van der Waals surface area contributed by atoms with Crippen molar-refractivity contribution in [3.05, 3.63) is 65.2 Å². The van der Waals surface area contributed by atoms with Gasteiger partial charge >= 0.3 is 0 Å². The van der Waals surface area contributed by atoms with E-state index in [1.54, 1.807) is 18.1 Å². The Balaban J connectivity index is 1.66. The molecule has 5 nitrogen and oxygen atoms in total. The van der Waals surface area contributed by atoms with Crippen molar-refractivity contribution < 1.29 is 14.3 Å². The maximum absolute atomic E-state index is 13.0. The predicted octanol–water partition coefficient (Wildman–Crippen LogP) is 3.04. The van der Waals surface area contributed by atoms with Gasteiger partial charge in [0.2, 0.25) is 5.91 Å². The average molecular weight is 348 g/mol. The summed E-state index contributed by atoms with van der Waals surface area (Å²) in [6, 6.07) is 14.9. The largest absolute Gasteiger partial charge is 0.379 e. The number of carbonyl (C=O) groups is 2. The fourth-order valence-corrected chi connectivity index (χ4v) is 3.62. The number of nitrogens with zero attached hydrogens (tertiary/aromatic N) is 1. The summed E-state index contributed by atoms with van der Waals surface area (Å²) in [6.07, 6.45) is 4.38. The summed E-state index contributed by atoms with van der Waals surface area (Å²) in [7, 11) is 1.58. The first-order valence-corrected chi connectivity index (χ1v) is 8.69. The highest BCUT2D eigenvalue weighted by molar-refractivity contribution is 6.10. The molecular weight excluding hydrogens is 328 g/mol. The predicted molar refractivity (Wildman–Crippen MR) is 101 cm³/mol. The minimum atomic E-state index is -0.566. The van der Waals surface area contributed by atoms with Crippen LogP contribution in [0.2, 0.25) is 0 Å². The van der Waals surface area contributed by atoms with Crippen LogP contribution in [0.3, 0.4) is 0 Å². The van der Waals surface area contributed by atoms with Gasteiger partial charge in [-0.1, -0.05) is 48.6 Å². The maximum Gasteiger partial charge on any atom is 0.256 e. The SMILES string of the molecule is CO[C@H]1CCN2C(=O)c3cc(C=Cc4ccccc4)ccc3NC(=O)[C@H]12. The fourth-order valence-electron chi connectivity index (χ4n) is 3.62. The highest BCUT2D eigenvalue weighted by atomic mass is 16.5. The van der Waals surface area contributed by atoms with Crippen molar-refractivity contribution in [3.63, 3.8) is 0 Å². The summed E-state index contributed by atoms with van der Waals surface area (Å²) >= 11 is 0. The second kappa shape index (κ2) is 6.77. The van der Waals surface area contributed by atoms with Crippen LogP contribution in [0.4, 0.5) is 5.69 Å². The lowest BCUT2D eigenvalue weighted by molar-refractivity contribution is -0.122. The van der Waals surface area contributed by atoms with E-state index in [1.165, 1.54) is 0 Å². The van der Waals surface area contributed by atoms with Crippen molar-refractivity contribution in [1.29, 1.82) is 0 Å². The molecule has 2 aromatic rings. The highest BCUT2D eigenvalue weighted by Crippen LogP contribution is 2.31. The van der Waals surface area contributed by atoms with E-state index in [9.17, 15) is 9.59 Å². The first kappa shape index (κ1) is 16.5. The minimum absolute atomic E-state index is 0.127. The van der Waals surface area contributed by atoms with E-state index in [0.717, 1.165) is 11.1 Å². The molecule has 1 saturated heterocycles. The van der Waals surface area contributed by atoms with Crippen molar-refractivity contribution in [3.8, 4) is 0 Å². The van der Waals surface area contributed by atoms with E-state index in [4.69, 9.17) is 4.74 Å². The number of anilines is 1. The van der Waals surface area contributed by atoms with Crippen LogP contribution in [0, 0.1) is 0 Å². The zero-order valence-electron chi connectivity index (χ0n) is 14.5. The molecule has 0 aromatic heterocycles. The van der Waals surface area contributed by atoms with Crippen LogP contribution in [0.25, 0.3) is 12.2 Å². The molecule has 0 aliphatic carbocycles. The smallest absolute Gasteiger partial charge is 0.256 e. The van der Waals surface area contributed by atoms with E-state index < -0.39 is 6.04 Å². The lowest BCUT2D eigenvalue weighted by Crippen LogP contribution is -2.46. The van der Waals surface area contributed by atoms with Crippen LogP contribution in [0.15, 0.2) is 48.5 Å². The Labute approximate surface area is 152 Å². The third kappa shape index (κ3) is 2.91. The van der Waals surface area contributed by atoms with Crippen molar-refractivity contribution in [2.24, 2.45) is 0 Å². The number of hydrogen-bond acceptors (Lipinski definition) is 3. The molecule has 0 bridgehead atoms. The lowest BCUT2D eigenvalue weighted by Gasteiger charge is -2.23. The van der Waals surface area contributed by atoms with Gasteiger partial charge in [0.25, 0.3) is 5.91 Å². The number of fused-ring (bicyclic) bond motifs is 2. The van der Waals surface area contributed by atoms with Gasteiger partial charge in [0, 0.05) is 13.7 Å². The van der Waals surface area contributed by atoms with Gasteiger partial charge in [-0.3, -0.25) is 9.59 Å². The van der Waals surface area contributed by atoms with Gasteiger partial charge < -0.3 is 15.0 Å². The third-order valence-electron chi connectivity index (χ3n) is 4.97. The lowest BCUT2D eigenvalue weighted by atomic mass is 10.1. The zero-order valence-corrected chi connectivity index (χ0v) is 14.5. The summed E-state index contributed by atoms with van der Waals surface area (Å²) < 4.78 is 5.40. The van der Waals surface area contributed by atoms with E-state index in [0.29, 0.717) is 24.2 Å². The van der Waals surface area contributed by atoms with Gasteiger partial charge in [-0.15, -0.1) is 0 Å². The van der Waals surface area contributed by atoms with Crippen molar-refractivity contribution in [2.75, 3.05) is 19.0 Å². The molecule has 2 aromatic carbocycles. The fraction of sp³-hybridized carbons (Fsp3) is 0.238. The average Bonchev–Trinajstić information content (AvgIpc) is 3.07. The van der Waals surface area contributed by atoms with E-state index in [1.807, 2.05) is 54.6 Å². The summed E-state index contributed by atoms with van der Waals surface area (Å²) in [5, 5.41) is 2.88. The van der Waals surface area contributed by atoms with Gasteiger partial charge in [-0.25, -0.2) is 0 Å². The van der Waals surface area contributed by atoms with Crippen molar-refractivity contribution in [2.45, 2.75) is 18.6 Å². The van der Waals surface area contributed by atoms with E-state index >= 15 is 0 Å². The summed E-state index contributed by atoms with van der Waals surface area (Å²) in [6.45, 7) is 0.527. The Bertz CT molecular complexity index is 876. The van der Waals surface area contributed by atoms with Gasteiger partial charge in [0.15, 0.2) is 0 Å². The van der Waals surface area contributed by atoms with E-state index in [-0.39, 0.29) is 17.9 Å². The minimum Gasteiger partial charge on any atom is -0.379 e. The first-order chi connectivity index (χ1) is 12.7. The van der Waals surface area contributed by atoms with Crippen LogP contribution in [-0.2, 0) is 9.53 Å². The first-order valence-electron chi connectivity index (χ1n) is 8.69. The number of hydrogen-bond donors (Lipinski definition) is 1. The second-order valence-corrected chi connectivity index (χ2v) is 6.54. The Morgan fingerprint density at radius 1 is 1.08 bits per heavy atom. The number of carbonyl (C=O) groups excluding carboxylic acids is 2. The summed E-state index contributed by atoms with van der Waals surface area (Å²) in [5.74, 6) is -0.313. The number of benzene rings is 2. The molecule has 0 radical (unpaired) electrons. The van der Waals surface area contributed by atoms with Gasteiger partial charge in [0.05, 0.1) is 17.4 Å². The molecule has 2 heterocycles. The van der Waals surface area contributed by atoms with Crippen molar-refractivity contribution >= 4 is 29.7 Å². The maximum atomic E-state index is 13.0. The molecule has 26 heavy (non-hydrogen) atoms. The van der Waals surface area contributed by atoms with Gasteiger partial charge in [-0.05, 0) is 29.7 Å². The van der Waals surface area contributed by atoms with Crippen LogP contribution in [0.1, 0.15) is 27.9 Å². The molecule has 4 rings (SSSR count). The topological polar surface area (TPSA) is 58.6 Å². The third-order valence-corrected chi connectivity index (χ3v) is 4.97. The van der Waals surface area contributed by atoms with Crippen LogP contribution < -0.4 is 5.32 Å². The summed E-state index contributed by atoms with van der Waals surface area (Å²) in [5.41, 5.74) is 3.08. The van der Waals surface area contributed by atoms with Crippen LogP contribution >= 0.6 is 0 Å². The Morgan fingerprint density at radius 3 is 2.62 bits per heavy atom. The zero-order chi connectivity index (χ0) is 18.1. The monoisotopic (exact) mass is 348 g/mol. The summed E-state index contributed by atoms with van der Waals surface area (Å²) in [4.78, 5) is 27.2. The van der Waals surface area contributed by atoms with Crippen molar-refractivity contribution in [1.82, 2.24) is 4.90 Å². The Kier molecular flexibility index (Phi) is 4.31. The Morgan fingerprint density at radius 2 is 1.85 bits per heavy atom. The molecule has 2 aliphatic heterocycles. The molecule has 1 fully saturated rings. The van der Waals surface area contributed by atoms with E-state index in [2.05, 4.69) is 5.32 Å². The molecular formula is C21H20N2O3. The van der Waals surface area contributed by atoms with Crippen LogP contribution in [-0.4, -0.2) is 42.5 Å². The number of rotatable bonds is 3. The Hall–Kier alpha value is -2.92. The molecule has 1 N–H and O–H groups in total. The molecule has 0 saturated carbocycles. The van der Waals surface area contributed by atoms with Gasteiger partial charge in [-0.2, -0.15) is 0 Å². The molecule has 5 heteroatoms. The molecule has 0 spiro atoms. The van der Waals surface area contributed by atoms with Gasteiger partial charge in [0.1, 0.15) is 6.04 Å². The molecule has 2 amide bonds. The number of amides is 2. The van der Waals surface area contributed by atoms with Crippen LogP contribution in [0.5, 0.6) is 0 Å². The standard InChI is InChI=1S/C21H20N2O3/c1-26-18-11-12-23-19(18)20(24)22-17-10-9-15(13-16(17)21(23)25)8-7-14-5-3-2-4-6-14/h2-10,13,18-19H,11-12H2,1H3,(H,22,24)/t18-,19-/m0/s1. The molecule has 0 unspecified atom stereocenters. The molecule has 2 atom stereocenters. The number of nitrogens with one attached hydrogen (secondary N) is 1. The second-order valence-electron chi connectivity index (χ2n) is 6.54. The number of methoxy groups -OCH3 is 1. The number of ether oxygens (including phenoxy) is 1. The molecule has 132 valence electrons. The normalized spacial score (nSPS) is 22.1. The highest BCUT2D eigenvalue weighted by Gasteiger charge is 2.44.